The molecule has 0 aliphatic carbocycles. The minimum absolute atomic E-state index is 0.149. The highest BCUT2D eigenvalue weighted by Gasteiger charge is 2.21. The van der Waals surface area contributed by atoms with Crippen molar-refractivity contribution < 1.29 is 19.1 Å². The van der Waals surface area contributed by atoms with Crippen LogP contribution in [0.25, 0.3) is 0 Å². The van der Waals surface area contributed by atoms with Crippen LogP contribution in [0.3, 0.4) is 0 Å². The molecule has 9 heteroatoms. The first kappa shape index (κ1) is 25.2. The van der Waals surface area contributed by atoms with Gasteiger partial charge in [-0.1, -0.05) is 12.1 Å². The van der Waals surface area contributed by atoms with E-state index in [1.54, 1.807) is 51.1 Å². The lowest BCUT2D eigenvalue weighted by atomic mass is 10.1. The second-order valence-corrected chi connectivity index (χ2v) is 9.38. The molecule has 1 atom stereocenters. The van der Waals surface area contributed by atoms with Crippen LogP contribution in [0, 0.1) is 0 Å². The number of para-hydroxylation sites is 2. The highest BCUT2D eigenvalue weighted by molar-refractivity contribution is 6.06. The van der Waals surface area contributed by atoms with Crippen molar-refractivity contribution in [3.8, 4) is 0 Å². The van der Waals surface area contributed by atoms with Crippen LogP contribution in [0.15, 0.2) is 42.6 Å². The Kier molecular flexibility index (Phi) is 8.22. The summed E-state index contributed by atoms with van der Waals surface area (Å²) in [6, 6.07) is 10.4. The molecule has 2 heterocycles. The Bertz CT molecular complexity index is 1020. The number of anilines is 2. The molecule has 182 valence electrons. The van der Waals surface area contributed by atoms with Gasteiger partial charge in [-0.15, -0.1) is 0 Å². The van der Waals surface area contributed by atoms with Crippen molar-refractivity contribution in [1.82, 2.24) is 15.2 Å². The first-order chi connectivity index (χ1) is 16.1. The molecule has 1 aromatic carbocycles. The van der Waals surface area contributed by atoms with Crippen LogP contribution >= 0.6 is 0 Å². The normalized spacial score (nSPS) is 16.1. The molecule has 0 saturated carbocycles. The van der Waals surface area contributed by atoms with E-state index in [4.69, 9.17) is 4.74 Å². The topological polar surface area (TPSA) is 113 Å². The molecule has 1 unspecified atom stereocenters. The number of carbonyl (C=O) groups excluding carboxylic acids is 3. The quantitative estimate of drug-likeness (QED) is 0.569. The number of benzene rings is 1. The molecule has 1 saturated heterocycles. The van der Waals surface area contributed by atoms with Crippen molar-refractivity contribution in [2.24, 2.45) is 0 Å². The summed E-state index contributed by atoms with van der Waals surface area (Å²) in [6.45, 7) is 7.00. The van der Waals surface area contributed by atoms with E-state index in [1.807, 2.05) is 0 Å². The summed E-state index contributed by atoms with van der Waals surface area (Å²) < 4.78 is 5.27. The molecule has 0 radical (unpaired) electrons. The standard InChI is InChI=1S/C25H33N5O4/c1-25(2,3)34-24(33)29-20-10-6-5-9-19(20)28-23(32)21-12-11-17(16-27-21)22(31)26-14-13-18-8-7-15-30(18)4/h5-6,9-12,16,18H,7-8,13-15H2,1-4H3,(H,26,31)(H,28,32)(H,29,33). The summed E-state index contributed by atoms with van der Waals surface area (Å²) in [5, 5.41) is 8.29. The Labute approximate surface area is 200 Å². The van der Waals surface area contributed by atoms with Gasteiger partial charge < -0.3 is 20.3 Å². The van der Waals surface area contributed by atoms with Gasteiger partial charge in [0, 0.05) is 18.8 Å². The fourth-order valence-corrected chi connectivity index (χ4v) is 3.76. The van der Waals surface area contributed by atoms with Crippen molar-refractivity contribution in [3.05, 3.63) is 53.9 Å². The van der Waals surface area contributed by atoms with Crippen molar-refractivity contribution in [2.45, 2.75) is 51.7 Å². The minimum Gasteiger partial charge on any atom is -0.444 e. The van der Waals surface area contributed by atoms with Crippen molar-refractivity contribution in [1.29, 1.82) is 0 Å². The van der Waals surface area contributed by atoms with Crippen LogP contribution in [0.4, 0.5) is 16.2 Å². The number of likely N-dealkylation sites (tertiary alicyclic amines) is 1. The van der Waals surface area contributed by atoms with Crippen LogP contribution in [0.2, 0.25) is 0 Å². The first-order valence-electron chi connectivity index (χ1n) is 11.5. The maximum atomic E-state index is 12.7. The smallest absolute Gasteiger partial charge is 0.412 e. The third-order valence-corrected chi connectivity index (χ3v) is 5.50. The van der Waals surface area contributed by atoms with Crippen LogP contribution in [0.5, 0.6) is 0 Å². The number of hydrogen-bond acceptors (Lipinski definition) is 6. The van der Waals surface area contributed by atoms with Gasteiger partial charge in [-0.3, -0.25) is 19.9 Å². The maximum absolute atomic E-state index is 12.7. The van der Waals surface area contributed by atoms with E-state index in [-0.39, 0.29) is 11.6 Å². The van der Waals surface area contributed by atoms with Crippen LogP contribution in [-0.4, -0.2) is 59.6 Å². The molecule has 34 heavy (non-hydrogen) atoms. The van der Waals surface area contributed by atoms with Gasteiger partial charge in [-0.25, -0.2) is 4.79 Å². The highest BCUT2D eigenvalue weighted by Crippen LogP contribution is 2.23. The number of rotatable bonds is 7. The van der Waals surface area contributed by atoms with Crippen molar-refractivity contribution in [2.75, 3.05) is 30.8 Å². The maximum Gasteiger partial charge on any atom is 0.412 e. The Morgan fingerprint density at radius 3 is 2.35 bits per heavy atom. The molecule has 0 bridgehead atoms. The summed E-state index contributed by atoms with van der Waals surface area (Å²) in [5.74, 6) is -0.679. The lowest BCUT2D eigenvalue weighted by Gasteiger charge is -2.20. The largest absolute Gasteiger partial charge is 0.444 e. The van der Waals surface area contributed by atoms with Crippen LogP contribution < -0.4 is 16.0 Å². The van der Waals surface area contributed by atoms with Crippen molar-refractivity contribution in [3.63, 3.8) is 0 Å². The summed E-state index contributed by atoms with van der Waals surface area (Å²) in [5.41, 5.74) is 0.694. The number of carbonyl (C=O) groups is 3. The predicted molar refractivity (Wildman–Crippen MR) is 131 cm³/mol. The fraction of sp³-hybridized carbons (Fsp3) is 0.440. The van der Waals surface area contributed by atoms with Crippen LogP contribution in [0.1, 0.15) is 60.9 Å². The Morgan fingerprint density at radius 2 is 1.76 bits per heavy atom. The SMILES string of the molecule is CN1CCCC1CCNC(=O)c1ccc(C(=O)Nc2ccccc2NC(=O)OC(C)(C)C)nc1. The molecule has 2 aromatic rings. The highest BCUT2D eigenvalue weighted by atomic mass is 16.6. The lowest BCUT2D eigenvalue weighted by Crippen LogP contribution is -2.31. The summed E-state index contributed by atoms with van der Waals surface area (Å²) in [6.07, 6.45) is 4.03. The number of hydrogen-bond donors (Lipinski definition) is 3. The van der Waals surface area contributed by atoms with E-state index < -0.39 is 17.6 Å². The number of nitrogens with zero attached hydrogens (tertiary/aromatic N) is 2. The van der Waals surface area contributed by atoms with Gasteiger partial charge in [-0.2, -0.15) is 0 Å². The predicted octanol–water partition coefficient (Wildman–Crippen LogP) is 3.90. The molecule has 0 spiro atoms. The molecule has 1 aliphatic heterocycles. The van der Waals surface area contributed by atoms with Gasteiger partial charge in [0.2, 0.25) is 0 Å². The molecular weight excluding hydrogens is 434 g/mol. The van der Waals surface area contributed by atoms with Gasteiger partial charge in [0.25, 0.3) is 11.8 Å². The second-order valence-electron chi connectivity index (χ2n) is 9.38. The zero-order valence-electron chi connectivity index (χ0n) is 20.2. The number of amides is 3. The zero-order valence-corrected chi connectivity index (χ0v) is 20.2. The molecule has 3 amide bonds. The average Bonchev–Trinajstić information content (AvgIpc) is 3.18. The summed E-state index contributed by atoms with van der Waals surface area (Å²) in [7, 11) is 2.11. The molecule has 3 rings (SSSR count). The van der Waals surface area contributed by atoms with E-state index in [1.165, 1.54) is 18.7 Å². The average molecular weight is 468 g/mol. The third kappa shape index (κ3) is 7.28. The van der Waals surface area contributed by atoms with Gasteiger partial charge in [0.1, 0.15) is 11.3 Å². The molecule has 1 aliphatic rings. The Balaban J connectivity index is 1.55. The summed E-state index contributed by atoms with van der Waals surface area (Å²) in [4.78, 5) is 43.7. The monoisotopic (exact) mass is 467 g/mol. The zero-order chi connectivity index (χ0) is 24.7. The molecular formula is C25H33N5O4. The number of aromatic nitrogens is 1. The van der Waals surface area contributed by atoms with E-state index in [2.05, 4.69) is 32.9 Å². The number of pyridine rings is 1. The molecule has 3 N–H and O–H groups in total. The second kappa shape index (κ2) is 11.1. The number of ether oxygens (including phenoxy) is 1. The summed E-state index contributed by atoms with van der Waals surface area (Å²) >= 11 is 0. The first-order valence-corrected chi connectivity index (χ1v) is 11.5. The Hall–Kier alpha value is -3.46. The Morgan fingerprint density at radius 1 is 1.06 bits per heavy atom. The minimum atomic E-state index is -0.646. The van der Waals surface area contributed by atoms with Gasteiger partial charge in [0.15, 0.2) is 0 Å². The van der Waals surface area contributed by atoms with Crippen molar-refractivity contribution >= 4 is 29.3 Å². The van der Waals surface area contributed by atoms with Gasteiger partial charge in [0.05, 0.1) is 16.9 Å². The number of nitrogens with one attached hydrogen (secondary N) is 3. The fourth-order valence-electron chi connectivity index (χ4n) is 3.76. The van der Waals surface area contributed by atoms with E-state index in [0.29, 0.717) is 29.5 Å². The molecule has 1 aromatic heterocycles. The molecule has 9 nitrogen and oxygen atoms in total. The van der Waals surface area contributed by atoms with E-state index in [0.717, 1.165) is 19.4 Å². The van der Waals surface area contributed by atoms with E-state index >= 15 is 0 Å². The van der Waals surface area contributed by atoms with Gasteiger partial charge in [-0.05, 0) is 77.9 Å². The molecule has 1 fully saturated rings. The third-order valence-electron chi connectivity index (χ3n) is 5.50. The van der Waals surface area contributed by atoms with Crippen LogP contribution in [-0.2, 0) is 4.74 Å². The van der Waals surface area contributed by atoms with Gasteiger partial charge >= 0.3 is 6.09 Å². The lowest BCUT2D eigenvalue weighted by molar-refractivity contribution is 0.0635. The van der Waals surface area contributed by atoms with E-state index in [9.17, 15) is 14.4 Å².